The number of phenols is 1. The second-order valence-corrected chi connectivity index (χ2v) is 8.01. The Morgan fingerprint density at radius 3 is 1.95 bits per heavy atom. The van der Waals surface area contributed by atoms with Crippen LogP contribution in [-0.4, -0.2) is 24.4 Å². The lowest BCUT2D eigenvalue weighted by Gasteiger charge is -2.28. The molecule has 0 spiro atoms. The zero-order valence-corrected chi connectivity index (χ0v) is 14.1. The van der Waals surface area contributed by atoms with Crippen LogP contribution in [0.5, 0.6) is 5.75 Å². The van der Waals surface area contributed by atoms with Crippen molar-refractivity contribution in [1.29, 1.82) is 0 Å². The average Bonchev–Trinajstić information content (AvgIpc) is 3.12. The van der Waals surface area contributed by atoms with Crippen LogP contribution in [0.2, 0.25) is 0 Å². The minimum Gasteiger partial charge on any atom is -0.507 e. The summed E-state index contributed by atoms with van der Waals surface area (Å²) in [6, 6.07) is 4.14. The van der Waals surface area contributed by atoms with Gasteiger partial charge in [-0.15, -0.1) is 0 Å². The summed E-state index contributed by atoms with van der Waals surface area (Å²) in [6.45, 7) is 14.8. The Morgan fingerprint density at radius 1 is 1.10 bits per heavy atom. The normalized spacial score (nSPS) is 18.9. The molecule has 21 heavy (non-hydrogen) atoms. The molecule has 0 unspecified atom stereocenters. The summed E-state index contributed by atoms with van der Waals surface area (Å²) in [5.74, 6) is 0.421. The lowest BCUT2D eigenvalue weighted by Crippen LogP contribution is -2.18. The first-order valence-electron chi connectivity index (χ1n) is 7.65. The van der Waals surface area contributed by atoms with Crippen molar-refractivity contribution in [2.45, 2.75) is 65.1 Å². The quantitative estimate of drug-likeness (QED) is 0.856. The molecule has 1 aromatic rings. The van der Waals surface area contributed by atoms with Gasteiger partial charge in [0.15, 0.2) is 0 Å². The molecule has 118 valence electrons. The Morgan fingerprint density at radius 2 is 1.57 bits per heavy atom. The third-order valence-electron chi connectivity index (χ3n) is 3.76. The topological polar surface area (TPSA) is 42.0 Å². The van der Waals surface area contributed by atoms with Crippen molar-refractivity contribution in [2.24, 2.45) is 0 Å². The first kappa shape index (κ1) is 16.3. The molecule has 2 rings (SSSR count). The molecule has 0 aliphatic carbocycles. The van der Waals surface area contributed by atoms with Crippen LogP contribution in [0.25, 0.3) is 0 Å². The Kier molecular flexibility index (Phi) is 4.36. The second-order valence-electron chi connectivity index (χ2n) is 8.01. The third-order valence-corrected chi connectivity index (χ3v) is 3.76. The largest absolute Gasteiger partial charge is 0.507 e. The Labute approximate surface area is 128 Å². The van der Waals surface area contributed by atoms with Crippen molar-refractivity contribution in [1.82, 2.24) is 0 Å². The van der Waals surface area contributed by atoms with Gasteiger partial charge in [-0.2, -0.15) is 0 Å². The zero-order chi connectivity index (χ0) is 15.8. The number of rotatable bonds is 4. The van der Waals surface area contributed by atoms with E-state index in [1.807, 2.05) is 0 Å². The number of epoxide rings is 1. The van der Waals surface area contributed by atoms with Gasteiger partial charge in [0.2, 0.25) is 0 Å². The molecule has 0 aromatic heterocycles. The van der Waals surface area contributed by atoms with Gasteiger partial charge in [-0.05, 0) is 39.7 Å². The fraction of sp³-hybridized carbons (Fsp3) is 0.667. The number of phenolic OH excluding ortho intramolecular Hbond substituents is 1. The highest BCUT2D eigenvalue weighted by Crippen LogP contribution is 2.39. The van der Waals surface area contributed by atoms with Gasteiger partial charge in [-0.3, -0.25) is 0 Å². The molecule has 3 heteroatoms. The summed E-state index contributed by atoms with van der Waals surface area (Å²) >= 11 is 0. The van der Waals surface area contributed by atoms with E-state index >= 15 is 0 Å². The average molecular weight is 292 g/mol. The lowest BCUT2D eigenvalue weighted by molar-refractivity contribution is 0.104. The molecule has 1 saturated heterocycles. The number of aromatic hydroxyl groups is 1. The fourth-order valence-corrected chi connectivity index (χ4v) is 2.39. The highest BCUT2D eigenvalue weighted by atomic mass is 16.6. The van der Waals surface area contributed by atoms with Crippen LogP contribution in [0.1, 0.15) is 58.2 Å². The molecule has 1 aliphatic heterocycles. The van der Waals surface area contributed by atoms with E-state index in [2.05, 4.69) is 53.7 Å². The van der Waals surface area contributed by atoms with Gasteiger partial charge >= 0.3 is 0 Å². The van der Waals surface area contributed by atoms with Gasteiger partial charge in [0.25, 0.3) is 0 Å². The summed E-state index contributed by atoms with van der Waals surface area (Å²) in [6.07, 6.45) is 0.284. The van der Waals surface area contributed by atoms with Gasteiger partial charge in [-0.25, -0.2) is 0 Å². The van der Waals surface area contributed by atoms with Crippen LogP contribution >= 0.6 is 0 Å². The van der Waals surface area contributed by atoms with E-state index in [4.69, 9.17) is 9.47 Å². The molecule has 0 saturated carbocycles. The first-order valence-corrected chi connectivity index (χ1v) is 7.65. The molecule has 1 N–H and O–H groups in total. The predicted molar refractivity (Wildman–Crippen MR) is 84.9 cm³/mol. The molecule has 0 radical (unpaired) electrons. The maximum atomic E-state index is 10.6. The minimum absolute atomic E-state index is 0.0975. The monoisotopic (exact) mass is 292 g/mol. The standard InChI is InChI=1S/C18H28O3/c1-17(2,3)14-7-12(9-20-10-13-11-21-13)8-15(16(14)19)18(4,5)6/h7-8,13,19H,9-11H2,1-6H3/t13-/m1/s1. The van der Waals surface area contributed by atoms with Gasteiger partial charge in [0.1, 0.15) is 11.9 Å². The molecule has 3 nitrogen and oxygen atoms in total. The summed E-state index contributed by atoms with van der Waals surface area (Å²) in [5, 5.41) is 10.6. The highest BCUT2D eigenvalue weighted by molar-refractivity contribution is 5.49. The van der Waals surface area contributed by atoms with Crippen molar-refractivity contribution in [3.05, 3.63) is 28.8 Å². The first-order chi connectivity index (χ1) is 9.59. The van der Waals surface area contributed by atoms with Gasteiger partial charge in [0, 0.05) is 0 Å². The lowest BCUT2D eigenvalue weighted by atomic mass is 9.78. The maximum absolute atomic E-state index is 10.6. The van der Waals surface area contributed by atoms with E-state index in [1.165, 1.54) is 0 Å². The summed E-state index contributed by atoms with van der Waals surface area (Å²) < 4.78 is 10.9. The molecule has 0 amide bonds. The Bertz CT molecular complexity index is 467. The third kappa shape index (κ3) is 4.21. The van der Waals surface area contributed by atoms with Crippen LogP contribution in [0.4, 0.5) is 0 Å². The highest BCUT2D eigenvalue weighted by Gasteiger charge is 2.27. The number of hydrogen-bond acceptors (Lipinski definition) is 3. The van der Waals surface area contributed by atoms with Gasteiger partial charge < -0.3 is 14.6 Å². The summed E-state index contributed by atoms with van der Waals surface area (Å²) in [5.41, 5.74) is 2.88. The molecular weight excluding hydrogens is 264 g/mol. The second kappa shape index (κ2) is 5.62. The van der Waals surface area contributed by atoms with Crippen molar-refractivity contribution >= 4 is 0 Å². The van der Waals surface area contributed by atoms with E-state index in [0.717, 1.165) is 23.3 Å². The number of ether oxygens (including phenoxy) is 2. The molecule has 1 aromatic carbocycles. The van der Waals surface area contributed by atoms with Crippen LogP contribution in [-0.2, 0) is 26.9 Å². The van der Waals surface area contributed by atoms with E-state index in [9.17, 15) is 5.11 Å². The van der Waals surface area contributed by atoms with E-state index < -0.39 is 0 Å². The molecule has 0 bridgehead atoms. The van der Waals surface area contributed by atoms with Crippen LogP contribution < -0.4 is 0 Å². The molecule has 1 atom stereocenters. The van der Waals surface area contributed by atoms with E-state index in [0.29, 0.717) is 19.0 Å². The number of benzene rings is 1. The number of hydrogen-bond donors (Lipinski definition) is 1. The van der Waals surface area contributed by atoms with Crippen molar-refractivity contribution in [3.8, 4) is 5.75 Å². The molecule has 1 aliphatic rings. The predicted octanol–water partition coefficient (Wildman–Crippen LogP) is 3.90. The van der Waals surface area contributed by atoms with Crippen molar-refractivity contribution in [3.63, 3.8) is 0 Å². The Hall–Kier alpha value is -1.06. The molecular formula is C18H28O3. The molecule has 1 fully saturated rings. The summed E-state index contributed by atoms with van der Waals surface area (Å²) in [7, 11) is 0. The van der Waals surface area contributed by atoms with E-state index in [1.54, 1.807) is 0 Å². The van der Waals surface area contributed by atoms with Gasteiger partial charge in [-0.1, -0.05) is 41.5 Å². The van der Waals surface area contributed by atoms with Crippen molar-refractivity contribution < 1.29 is 14.6 Å². The van der Waals surface area contributed by atoms with Gasteiger partial charge in [0.05, 0.1) is 19.8 Å². The molecule has 1 heterocycles. The van der Waals surface area contributed by atoms with Crippen LogP contribution in [0, 0.1) is 0 Å². The fourth-order valence-electron chi connectivity index (χ4n) is 2.39. The van der Waals surface area contributed by atoms with E-state index in [-0.39, 0.29) is 16.9 Å². The van der Waals surface area contributed by atoms with Crippen molar-refractivity contribution in [2.75, 3.05) is 13.2 Å². The van der Waals surface area contributed by atoms with Crippen LogP contribution in [0.15, 0.2) is 12.1 Å². The Balaban J connectivity index is 2.31. The van der Waals surface area contributed by atoms with Crippen LogP contribution in [0.3, 0.4) is 0 Å². The summed E-state index contributed by atoms with van der Waals surface area (Å²) in [4.78, 5) is 0. The zero-order valence-electron chi connectivity index (χ0n) is 14.1. The smallest absolute Gasteiger partial charge is 0.123 e. The maximum Gasteiger partial charge on any atom is 0.123 e. The minimum atomic E-state index is -0.0975. The SMILES string of the molecule is CC(C)(C)c1cc(COC[C@@H]2CO2)cc(C(C)(C)C)c1O.